The molecule has 0 unspecified atom stereocenters. The van der Waals surface area contributed by atoms with Gasteiger partial charge >= 0.3 is 0 Å². The van der Waals surface area contributed by atoms with Gasteiger partial charge in [0, 0.05) is 18.5 Å². The van der Waals surface area contributed by atoms with Gasteiger partial charge in [-0.3, -0.25) is 9.17 Å². The monoisotopic (exact) mass is 285 g/mol. The van der Waals surface area contributed by atoms with E-state index in [9.17, 15) is 12.8 Å². The van der Waals surface area contributed by atoms with Crippen molar-refractivity contribution in [3.8, 4) is 5.69 Å². The summed E-state index contributed by atoms with van der Waals surface area (Å²) in [5.41, 5.74) is 0.622. The van der Waals surface area contributed by atoms with E-state index in [2.05, 4.69) is 10.1 Å². The van der Waals surface area contributed by atoms with Crippen molar-refractivity contribution in [1.82, 2.24) is 14.8 Å². The summed E-state index contributed by atoms with van der Waals surface area (Å²) in [4.78, 5) is 3.89. The molecular formula is C11H12FN3O3S. The van der Waals surface area contributed by atoms with Crippen LogP contribution < -0.4 is 0 Å². The van der Waals surface area contributed by atoms with Crippen molar-refractivity contribution in [2.45, 2.75) is 13.0 Å². The molecule has 0 amide bonds. The van der Waals surface area contributed by atoms with Gasteiger partial charge in [-0.05, 0) is 13.0 Å². The second-order valence-electron chi connectivity index (χ2n) is 3.95. The topological polar surface area (TPSA) is 74.1 Å². The lowest BCUT2D eigenvalue weighted by Gasteiger charge is -2.14. The Kier molecular flexibility index (Phi) is 3.63. The number of hydrogen-bond acceptors (Lipinski definition) is 5. The quantitative estimate of drug-likeness (QED) is 0.795. The Morgan fingerprint density at radius 2 is 2.21 bits per heavy atom. The first-order chi connectivity index (χ1) is 8.87. The predicted molar refractivity (Wildman–Crippen MR) is 65.7 cm³/mol. The molecule has 0 aliphatic carbocycles. The van der Waals surface area contributed by atoms with Crippen LogP contribution in [0.4, 0.5) is 4.39 Å². The van der Waals surface area contributed by atoms with Gasteiger partial charge in [-0.25, -0.2) is 9.07 Å². The summed E-state index contributed by atoms with van der Waals surface area (Å²) in [6.45, 7) is 1.52. The number of rotatable bonds is 4. The van der Waals surface area contributed by atoms with Crippen molar-refractivity contribution in [2.75, 3.05) is 6.26 Å². The van der Waals surface area contributed by atoms with Crippen molar-refractivity contribution in [2.24, 2.45) is 0 Å². The van der Waals surface area contributed by atoms with Crippen LogP contribution in [0.15, 0.2) is 30.7 Å². The molecule has 0 aliphatic heterocycles. The van der Waals surface area contributed by atoms with Crippen LogP contribution in [0.5, 0.6) is 0 Å². The molecule has 0 fully saturated rings. The number of aromatic nitrogens is 3. The maximum Gasteiger partial charge on any atom is 0.265 e. The van der Waals surface area contributed by atoms with E-state index in [1.807, 2.05) is 0 Å². The minimum Gasteiger partial charge on any atom is -0.261 e. The first-order valence-electron chi connectivity index (χ1n) is 5.40. The summed E-state index contributed by atoms with van der Waals surface area (Å²) in [5, 5.41) is 3.97. The van der Waals surface area contributed by atoms with Gasteiger partial charge in [0.25, 0.3) is 10.1 Å². The number of halogens is 1. The molecule has 19 heavy (non-hydrogen) atoms. The predicted octanol–water partition coefficient (Wildman–Crippen LogP) is 1.44. The molecule has 102 valence electrons. The fourth-order valence-corrected chi connectivity index (χ4v) is 2.27. The van der Waals surface area contributed by atoms with E-state index in [4.69, 9.17) is 4.18 Å². The van der Waals surface area contributed by atoms with E-state index < -0.39 is 22.0 Å². The van der Waals surface area contributed by atoms with E-state index in [1.165, 1.54) is 23.9 Å². The number of hydrogen-bond donors (Lipinski definition) is 0. The summed E-state index contributed by atoms with van der Waals surface area (Å²) in [7, 11) is -3.63. The van der Waals surface area contributed by atoms with Gasteiger partial charge in [0.15, 0.2) is 0 Å². The minimum atomic E-state index is -3.63. The summed E-state index contributed by atoms with van der Waals surface area (Å²) >= 11 is 0. The molecule has 0 aromatic carbocycles. The van der Waals surface area contributed by atoms with Crippen molar-refractivity contribution in [1.29, 1.82) is 0 Å². The van der Waals surface area contributed by atoms with Gasteiger partial charge in [0.05, 0.1) is 23.8 Å². The van der Waals surface area contributed by atoms with Crippen LogP contribution in [0.25, 0.3) is 5.69 Å². The van der Waals surface area contributed by atoms with Crippen molar-refractivity contribution < 1.29 is 17.0 Å². The number of pyridine rings is 1. The zero-order valence-corrected chi connectivity index (χ0v) is 11.1. The minimum absolute atomic E-state index is 0.288. The maximum absolute atomic E-state index is 13.3. The maximum atomic E-state index is 13.3. The van der Waals surface area contributed by atoms with Gasteiger partial charge in [-0.2, -0.15) is 13.5 Å². The second-order valence-corrected chi connectivity index (χ2v) is 5.55. The van der Waals surface area contributed by atoms with Crippen LogP contribution in [-0.2, 0) is 14.3 Å². The van der Waals surface area contributed by atoms with E-state index in [1.54, 1.807) is 12.3 Å². The molecule has 0 N–H and O–H groups in total. The lowest BCUT2D eigenvalue weighted by atomic mass is 10.2. The van der Waals surface area contributed by atoms with Gasteiger partial charge < -0.3 is 0 Å². The Balaban J connectivity index is 2.46. The van der Waals surface area contributed by atoms with Crippen LogP contribution in [0.3, 0.4) is 0 Å². The molecule has 2 rings (SSSR count). The highest BCUT2D eigenvalue weighted by Crippen LogP contribution is 2.23. The van der Waals surface area contributed by atoms with Crippen LogP contribution >= 0.6 is 0 Å². The van der Waals surface area contributed by atoms with Crippen molar-refractivity contribution >= 4 is 10.1 Å². The molecule has 2 heterocycles. The summed E-state index contributed by atoms with van der Waals surface area (Å²) in [6, 6.07) is 2.88. The molecule has 0 spiro atoms. The Hall–Kier alpha value is -1.80. The zero-order valence-electron chi connectivity index (χ0n) is 10.3. The molecule has 0 saturated carbocycles. The van der Waals surface area contributed by atoms with Crippen molar-refractivity contribution in [3.05, 3.63) is 42.2 Å². The molecule has 2 aromatic heterocycles. The van der Waals surface area contributed by atoms with E-state index in [0.717, 1.165) is 12.5 Å². The summed E-state index contributed by atoms with van der Waals surface area (Å²) in [6.07, 6.45) is 4.24. The Morgan fingerprint density at radius 1 is 1.47 bits per heavy atom. The largest absolute Gasteiger partial charge is 0.265 e. The molecule has 0 saturated heterocycles. The highest BCUT2D eigenvalue weighted by Gasteiger charge is 2.19. The molecular weight excluding hydrogens is 273 g/mol. The zero-order chi connectivity index (χ0) is 14.0. The smallest absolute Gasteiger partial charge is 0.261 e. The average Bonchev–Trinajstić information content (AvgIpc) is 2.79. The fraction of sp³-hybridized carbons (Fsp3) is 0.273. The first-order valence-corrected chi connectivity index (χ1v) is 7.22. The molecule has 8 heteroatoms. The first kappa shape index (κ1) is 13.6. The SMILES string of the molecule is C[C@@H](OS(C)(=O)=O)c1ncc(F)cc1-n1cccn1. The summed E-state index contributed by atoms with van der Waals surface area (Å²) < 4.78 is 41.8. The van der Waals surface area contributed by atoms with E-state index in [-0.39, 0.29) is 5.69 Å². The lowest BCUT2D eigenvalue weighted by molar-refractivity contribution is 0.231. The van der Waals surface area contributed by atoms with E-state index in [0.29, 0.717) is 5.69 Å². The van der Waals surface area contributed by atoms with Crippen LogP contribution in [-0.4, -0.2) is 29.4 Å². The van der Waals surface area contributed by atoms with Gasteiger partial charge in [-0.15, -0.1) is 0 Å². The van der Waals surface area contributed by atoms with Crippen LogP contribution in [0.2, 0.25) is 0 Å². The third kappa shape index (κ3) is 3.36. The van der Waals surface area contributed by atoms with Crippen LogP contribution in [0.1, 0.15) is 18.7 Å². The lowest BCUT2D eigenvalue weighted by Crippen LogP contribution is -2.12. The Morgan fingerprint density at radius 3 is 2.79 bits per heavy atom. The van der Waals surface area contributed by atoms with Gasteiger partial charge in [0.1, 0.15) is 11.9 Å². The third-order valence-corrected chi connectivity index (χ3v) is 2.96. The average molecular weight is 285 g/mol. The molecule has 0 bridgehead atoms. The van der Waals surface area contributed by atoms with Gasteiger partial charge in [-0.1, -0.05) is 0 Å². The van der Waals surface area contributed by atoms with Crippen LogP contribution in [0, 0.1) is 5.82 Å². The highest BCUT2D eigenvalue weighted by atomic mass is 32.2. The molecule has 2 aromatic rings. The molecule has 1 atom stereocenters. The number of nitrogens with zero attached hydrogens (tertiary/aromatic N) is 3. The Labute approximate surface area is 110 Å². The second kappa shape index (κ2) is 5.06. The normalized spacial score (nSPS) is 13.4. The third-order valence-electron chi connectivity index (χ3n) is 2.32. The standard InChI is InChI=1S/C11H12FN3O3S/c1-8(18-19(2,16)17)11-10(6-9(12)7-13-11)15-5-3-4-14-15/h3-8H,1-2H3/t8-/m1/s1. The van der Waals surface area contributed by atoms with Crippen molar-refractivity contribution in [3.63, 3.8) is 0 Å². The molecule has 0 aliphatic rings. The molecule has 6 nitrogen and oxygen atoms in total. The highest BCUT2D eigenvalue weighted by molar-refractivity contribution is 7.86. The van der Waals surface area contributed by atoms with E-state index >= 15 is 0 Å². The molecule has 0 radical (unpaired) electrons. The fourth-order valence-electron chi connectivity index (χ4n) is 1.65. The van der Waals surface area contributed by atoms with Gasteiger partial charge in [0.2, 0.25) is 0 Å². The Bertz CT molecular complexity index is 670. The summed E-state index contributed by atoms with van der Waals surface area (Å²) in [5.74, 6) is -0.541.